The van der Waals surface area contributed by atoms with E-state index in [0.29, 0.717) is 0 Å². The Morgan fingerprint density at radius 2 is 2.53 bits per heavy atom. The van der Waals surface area contributed by atoms with E-state index in [9.17, 15) is 0 Å². The summed E-state index contributed by atoms with van der Waals surface area (Å²) in [6, 6.07) is 1.84. The average molecular weight is 288 g/mol. The molecule has 2 heterocycles. The summed E-state index contributed by atoms with van der Waals surface area (Å²) in [6.45, 7) is 2.89. The van der Waals surface area contributed by atoms with E-state index in [1.807, 2.05) is 13.0 Å². The van der Waals surface area contributed by atoms with Crippen molar-refractivity contribution in [3.63, 3.8) is 0 Å². The predicted molar refractivity (Wildman–Crippen MR) is 61.8 cm³/mol. The lowest BCUT2D eigenvalue weighted by Gasteiger charge is -2.12. The van der Waals surface area contributed by atoms with Gasteiger partial charge >= 0.3 is 0 Å². The molecule has 80 valence electrons. The fourth-order valence-corrected chi connectivity index (χ4v) is 2.23. The van der Waals surface area contributed by atoms with E-state index in [-0.39, 0.29) is 6.04 Å². The van der Waals surface area contributed by atoms with Crippen molar-refractivity contribution in [2.45, 2.75) is 13.0 Å². The summed E-state index contributed by atoms with van der Waals surface area (Å²) in [5.74, 6) is 0.838. The van der Waals surface area contributed by atoms with E-state index >= 15 is 0 Å². The van der Waals surface area contributed by atoms with Crippen molar-refractivity contribution < 1.29 is 4.42 Å². The Labute approximate surface area is 100 Å². The second-order valence-corrected chi connectivity index (χ2v) is 4.37. The molecule has 0 aliphatic heterocycles. The molecule has 2 aromatic rings. The molecule has 0 amide bonds. The maximum Gasteiger partial charge on any atom is 0.141 e. The average Bonchev–Trinajstić information content (AvgIpc) is 2.85. The van der Waals surface area contributed by atoms with Gasteiger partial charge in [-0.2, -0.15) is 8.75 Å². The summed E-state index contributed by atoms with van der Waals surface area (Å²) in [6.07, 6.45) is 3.41. The van der Waals surface area contributed by atoms with Gasteiger partial charge in [0.1, 0.15) is 11.8 Å². The zero-order valence-electron chi connectivity index (χ0n) is 8.11. The molecule has 2 rings (SSSR count). The van der Waals surface area contributed by atoms with Gasteiger partial charge in [0.05, 0.1) is 34.4 Å². The highest BCUT2D eigenvalue weighted by Crippen LogP contribution is 2.28. The molecule has 1 unspecified atom stereocenters. The molecule has 2 aromatic heterocycles. The molecule has 0 aromatic carbocycles. The van der Waals surface area contributed by atoms with Crippen LogP contribution in [-0.4, -0.2) is 15.3 Å². The maximum absolute atomic E-state index is 5.43. The molecule has 0 radical (unpaired) electrons. The normalized spacial score (nSPS) is 12.9. The molecule has 1 atom stereocenters. The topological polar surface area (TPSA) is 51.0 Å². The fourth-order valence-electron chi connectivity index (χ4n) is 1.35. The number of rotatable bonds is 4. The Balaban J connectivity index is 2.32. The van der Waals surface area contributed by atoms with Gasteiger partial charge in [0.15, 0.2) is 0 Å². The Kier molecular flexibility index (Phi) is 3.50. The van der Waals surface area contributed by atoms with E-state index in [2.05, 4.69) is 30.0 Å². The van der Waals surface area contributed by atoms with Crippen LogP contribution in [0, 0.1) is 0 Å². The van der Waals surface area contributed by atoms with Gasteiger partial charge in [-0.05, 0) is 28.5 Å². The fraction of sp³-hybridized carbons (Fsp3) is 0.333. The Morgan fingerprint density at radius 1 is 1.67 bits per heavy atom. The lowest BCUT2D eigenvalue weighted by molar-refractivity contribution is 0.446. The van der Waals surface area contributed by atoms with Gasteiger partial charge in [0.2, 0.25) is 0 Å². The van der Waals surface area contributed by atoms with Crippen LogP contribution in [0.15, 0.2) is 27.4 Å². The highest BCUT2D eigenvalue weighted by Gasteiger charge is 2.21. The number of aromatic nitrogens is 2. The standard InChI is InChI=1S/C9H10BrN3OS/c1-2-11-8(7-5-12-15-13-7)9-6(10)3-4-14-9/h3-5,8,11H,2H2,1H3. The first kappa shape index (κ1) is 10.8. The number of nitrogens with one attached hydrogen (secondary N) is 1. The molecule has 0 bridgehead atoms. The first-order chi connectivity index (χ1) is 7.33. The van der Waals surface area contributed by atoms with Gasteiger partial charge in [0, 0.05) is 0 Å². The third-order valence-corrected chi connectivity index (χ3v) is 3.14. The lowest BCUT2D eigenvalue weighted by Crippen LogP contribution is -2.22. The van der Waals surface area contributed by atoms with Crippen LogP contribution in [0.2, 0.25) is 0 Å². The summed E-state index contributed by atoms with van der Waals surface area (Å²) in [7, 11) is 0. The molecule has 6 heteroatoms. The van der Waals surface area contributed by atoms with Gasteiger partial charge in [-0.3, -0.25) is 0 Å². The number of hydrogen-bond donors (Lipinski definition) is 1. The molecule has 1 N–H and O–H groups in total. The summed E-state index contributed by atoms with van der Waals surface area (Å²) in [4.78, 5) is 0. The van der Waals surface area contributed by atoms with Crippen molar-refractivity contribution in [2.75, 3.05) is 6.54 Å². The molecule has 4 nitrogen and oxygen atoms in total. The minimum atomic E-state index is -0.0295. The van der Waals surface area contributed by atoms with Crippen LogP contribution in [0.1, 0.15) is 24.4 Å². The van der Waals surface area contributed by atoms with Gasteiger partial charge in [-0.1, -0.05) is 6.92 Å². The SMILES string of the molecule is CCNC(c1cnsn1)c1occc1Br. The van der Waals surface area contributed by atoms with Gasteiger partial charge in [-0.25, -0.2) is 0 Å². The summed E-state index contributed by atoms with van der Waals surface area (Å²) < 4.78 is 14.6. The van der Waals surface area contributed by atoms with Crippen LogP contribution in [0.25, 0.3) is 0 Å². The van der Waals surface area contributed by atoms with Crippen LogP contribution in [0.5, 0.6) is 0 Å². The lowest BCUT2D eigenvalue weighted by atomic mass is 10.1. The third-order valence-electron chi connectivity index (χ3n) is 1.99. The van der Waals surface area contributed by atoms with Crippen LogP contribution in [0.3, 0.4) is 0 Å². The zero-order chi connectivity index (χ0) is 10.7. The molecule has 0 spiro atoms. The number of nitrogens with zero attached hydrogens (tertiary/aromatic N) is 2. The smallest absolute Gasteiger partial charge is 0.141 e. The highest BCUT2D eigenvalue weighted by molar-refractivity contribution is 9.10. The molecule has 0 fully saturated rings. The number of halogens is 1. The molecule has 0 saturated carbocycles. The van der Waals surface area contributed by atoms with Crippen LogP contribution < -0.4 is 5.32 Å². The number of furan rings is 1. The summed E-state index contributed by atoms with van der Waals surface area (Å²) >= 11 is 4.64. The van der Waals surface area contributed by atoms with Crippen molar-refractivity contribution in [1.29, 1.82) is 0 Å². The van der Waals surface area contributed by atoms with Crippen LogP contribution in [-0.2, 0) is 0 Å². The Hall–Kier alpha value is -0.720. The minimum absolute atomic E-state index is 0.0295. The van der Waals surface area contributed by atoms with Crippen molar-refractivity contribution in [2.24, 2.45) is 0 Å². The summed E-state index contributed by atoms with van der Waals surface area (Å²) in [5.41, 5.74) is 0.887. The molecular weight excluding hydrogens is 278 g/mol. The van der Waals surface area contributed by atoms with Crippen molar-refractivity contribution in [3.8, 4) is 0 Å². The largest absolute Gasteiger partial charge is 0.466 e. The van der Waals surface area contributed by atoms with Crippen molar-refractivity contribution >= 4 is 27.7 Å². The molecule has 0 aliphatic rings. The quantitative estimate of drug-likeness (QED) is 0.939. The summed E-state index contributed by atoms with van der Waals surface area (Å²) in [5, 5.41) is 3.31. The van der Waals surface area contributed by atoms with Crippen LogP contribution in [0.4, 0.5) is 0 Å². The second-order valence-electron chi connectivity index (χ2n) is 2.96. The Bertz CT molecular complexity index is 415. The van der Waals surface area contributed by atoms with E-state index in [1.54, 1.807) is 12.5 Å². The zero-order valence-corrected chi connectivity index (χ0v) is 10.5. The third kappa shape index (κ3) is 2.27. The van der Waals surface area contributed by atoms with E-state index < -0.39 is 0 Å². The first-order valence-electron chi connectivity index (χ1n) is 4.56. The van der Waals surface area contributed by atoms with Crippen LogP contribution >= 0.6 is 27.7 Å². The predicted octanol–water partition coefficient (Wildman–Crippen LogP) is 2.59. The van der Waals surface area contributed by atoms with Gasteiger partial charge in [0.25, 0.3) is 0 Å². The second kappa shape index (κ2) is 4.87. The first-order valence-corrected chi connectivity index (χ1v) is 6.09. The van der Waals surface area contributed by atoms with Crippen molar-refractivity contribution in [1.82, 2.24) is 14.1 Å². The maximum atomic E-state index is 5.43. The van der Waals surface area contributed by atoms with Crippen molar-refractivity contribution in [3.05, 3.63) is 34.5 Å². The molecular formula is C9H10BrN3OS. The van der Waals surface area contributed by atoms with E-state index in [4.69, 9.17) is 4.42 Å². The number of hydrogen-bond acceptors (Lipinski definition) is 5. The van der Waals surface area contributed by atoms with Gasteiger partial charge in [-0.15, -0.1) is 0 Å². The molecule has 0 saturated heterocycles. The van der Waals surface area contributed by atoms with E-state index in [1.165, 1.54) is 11.7 Å². The Morgan fingerprint density at radius 3 is 3.07 bits per heavy atom. The monoisotopic (exact) mass is 287 g/mol. The highest BCUT2D eigenvalue weighted by atomic mass is 79.9. The molecule has 0 aliphatic carbocycles. The molecule has 15 heavy (non-hydrogen) atoms. The van der Waals surface area contributed by atoms with Gasteiger partial charge < -0.3 is 9.73 Å². The minimum Gasteiger partial charge on any atom is -0.466 e. The van der Waals surface area contributed by atoms with E-state index in [0.717, 1.165) is 22.5 Å².